The Labute approximate surface area is 95.8 Å². The first-order valence-corrected chi connectivity index (χ1v) is 4.69. The van der Waals surface area contributed by atoms with Gasteiger partial charge in [-0.15, -0.1) is 0 Å². The van der Waals surface area contributed by atoms with Gasteiger partial charge in [-0.05, 0) is 24.3 Å². The fourth-order valence-corrected chi connectivity index (χ4v) is 1.38. The Balaban J connectivity index is 2.56. The van der Waals surface area contributed by atoms with Crippen LogP contribution >= 0.6 is 0 Å². The summed E-state index contributed by atoms with van der Waals surface area (Å²) in [4.78, 5) is 18.4. The van der Waals surface area contributed by atoms with Gasteiger partial charge in [-0.2, -0.15) is 0 Å². The number of nitrogens with zero attached hydrogens (tertiary/aromatic N) is 2. The molecule has 0 radical (unpaired) electrons. The van der Waals surface area contributed by atoms with Gasteiger partial charge in [0, 0.05) is 5.56 Å². The zero-order valence-electron chi connectivity index (χ0n) is 8.59. The van der Waals surface area contributed by atoms with Crippen molar-refractivity contribution >= 4 is 5.91 Å². The Bertz CT molecular complexity index is 569. The minimum absolute atomic E-state index is 0.133. The number of aromatic hydroxyl groups is 1. The molecule has 17 heavy (non-hydrogen) atoms. The molecule has 0 spiro atoms. The molecule has 1 aromatic carbocycles. The minimum Gasteiger partial charge on any atom is -0.504 e. The summed E-state index contributed by atoms with van der Waals surface area (Å²) in [5, 5.41) is 9.76. The quantitative estimate of drug-likeness (QED) is 0.812. The van der Waals surface area contributed by atoms with Crippen LogP contribution in [0.2, 0.25) is 0 Å². The van der Waals surface area contributed by atoms with E-state index in [1.165, 1.54) is 24.3 Å². The van der Waals surface area contributed by atoms with Crippen molar-refractivity contribution in [1.29, 1.82) is 0 Å². The predicted molar refractivity (Wildman–Crippen MR) is 57.6 cm³/mol. The number of carbonyl (C=O) groups is 1. The third kappa shape index (κ3) is 2.05. The molecule has 1 aromatic heterocycles. The van der Waals surface area contributed by atoms with Crippen molar-refractivity contribution in [3.8, 4) is 17.0 Å². The second-order valence-electron chi connectivity index (χ2n) is 3.29. The van der Waals surface area contributed by atoms with Crippen LogP contribution in [0.15, 0.2) is 30.6 Å². The monoisotopic (exact) mass is 233 g/mol. The van der Waals surface area contributed by atoms with Gasteiger partial charge in [0.15, 0.2) is 11.4 Å². The minimum atomic E-state index is -0.853. The molecule has 1 amide bonds. The molecular weight excluding hydrogens is 225 g/mol. The fourth-order valence-electron chi connectivity index (χ4n) is 1.38. The summed E-state index contributed by atoms with van der Waals surface area (Å²) in [5.74, 6) is -1.67. The van der Waals surface area contributed by atoms with E-state index < -0.39 is 17.5 Å². The highest BCUT2D eigenvalue weighted by Gasteiger charge is 2.15. The van der Waals surface area contributed by atoms with Gasteiger partial charge in [0.1, 0.15) is 17.8 Å². The summed E-state index contributed by atoms with van der Waals surface area (Å²) >= 11 is 0. The Morgan fingerprint density at radius 2 is 1.88 bits per heavy atom. The molecule has 0 aliphatic rings. The molecule has 0 aliphatic carbocycles. The van der Waals surface area contributed by atoms with Crippen molar-refractivity contribution in [2.24, 2.45) is 5.73 Å². The highest BCUT2D eigenvalue weighted by atomic mass is 19.1. The lowest BCUT2D eigenvalue weighted by molar-refractivity contribution is 0.0992. The molecule has 86 valence electrons. The number of hydrogen-bond acceptors (Lipinski definition) is 4. The van der Waals surface area contributed by atoms with Gasteiger partial charge in [0.2, 0.25) is 0 Å². The van der Waals surface area contributed by atoms with Crippen LogP contribution < -0.4 is 5.73 Å². The average Bonchev–Trinajstić information content (AvgIpc) is 2.30. The topological polar surface area (TPSA) is 89.1 Å². The molecule has 0 unspecified atom stereocenters. The number of carbonyl (C=O) groups excluding carboxylic acids is 1. The molecule has 0 bridgehead atoms. The number of rotatable bonds is 2. The van der Waals surface area contributed by atoms with Crippen LogP contribution in [0.4, 0.5) is 4.39 Å². The largest absolute Gasteiger partial charge is 0.504 e. The van der Waals surface area contributed by atoms with E-state index in [-0.39, 0.29) is 11.4 Å². The van der Waals surface area contributed by atoms with E-state index in [4.69, 9.17) is 5.73 Å². The Morgan fingerprint density at radius 3 is 2.47 bits per heavy atom. The van der Waals surface area contributed by atoms with Crippen LogP contribution in [-0.4, -0.2) is 21.0 Å². The lowest BCUT2D eigenvalue weighted by atomic mass is 10.1. The van der Waals surface area contributed by atoms with Crippen LogP contribution in [0.5, 0.6) is 5.75 Å². The SMILES string of the molecule is NC(=O)c1ncnc(-c2ccc(F)cc2)c1O. The molecule has 6 heteroatoms. The van der Waals surface area contributed by atoms with E-state index in [0.717, 1.165) is 6.33 Å². The van der Waals surface area contributed by atoms with Gasteiger partial charge in [-0.3, -0.25) is 4.79 Å². The number of amides is 1. The van der Waals surface area contributed by atoms with Gasteiger partial charge in [-0.25, -0.2) is 14.4 Å². The molecule has 0 atom stereocenters. The second kappa shape index (κ2) is 4.17. The molecule has 2 aromatic rings. The molecule has 0 fully saturated rings. The average molecular weight is 233 g/mol. The maximum atomic E-state index is 12.7. The molecule has 0 aliphatic heterocycles. The predicted octanol–water partition coefficient (Wildman–Crippen LogP) is 1.09. The normalized spacial score (nSPS) is 10.2. The number of halogens is 1. The summed E-state index contributed by atoms with van der Waals surface area (Å²) in [6, 6.07) is 5.31. The highest BCUT2D eigenvalue weighted by Crippen LogP contribution is 2.28. The zero-order chi connectivity index (χ0) is 12.4. The summed E-state index contributed by atoms with van der Waals surface area (Å²) in [5.41, 5.74) is 5.37. The van der Waals surface area contributed by atoms with Crippen molar-refractivity contribution in [3.63, 3.8) is 0 Å². The number of primary amides is 1. The van der Waals surface area contributed by atoms with Gasteiger partial charge in [0.25, 0.3) is 5.91 Å². The van der Waals surface area contributed by atoms with Crippen molar-refractivity contribution in [2.75, 3.05) is 0 Å². The molecule has 3 N–H and O–H groups in total. The van der Waals surface area contributed by atoms with Crippen LogP contribution in [0, 0.1) is 5.82 Å². The maximum Gasteiger partial charge on any atom is 0.271 e. The second-order valence-corrected chi connectivity index (χ2v) is 3.29. The molecule has 5 nitrogen and oxygen atoms in total. The van der Waals surface area contributed by atoms with E-state index in [9.17, 15) is 14.3 Å². The molecular formula is C11H8FN3O2. The molecule has 0 saturated heterocycles. The molecule has 2 rings (SSSR count). The Morgan fingerprint density at radius 1 is 1.24 bits per heavy atom. The first-order chi connectivity index (χ1) is 8.09. The third-order valence-electron chi connectivity index (χ3n) is 2.17. The summed E-state index contributed by atoms with van der Waals surface area (Å²) < 4.78 is 12.7. The number of hydrogen-bond donors (Lipinski definition) is 2. The van der Waals surface area contributed by atoms with Crippen LogP contribution in [0.25, 0.3) is 11.3 Å². The van der Waals surface area contributed by atoms with Crippen molar-refractivity contribution in [2.45, 2.75) is 0 Å². The van der Waals surface area contributed by atoms with Gasteiger partial charge in [0.05, 0.1) is 0 Å². The number of aromatic nitrogens is 2. The Hall–Kier alpha value is -2.50. The van der Waals surface area contributed by atoms with E-state index in [1.807, 2.05) is 0 Å². The van der Waals surface area contributed by atoms with E-state index in [2.05, 4.69) is 9.97 Å². The lowest BCUT2D eigenvalue weighted by Crippen LogP contribution is -2.13. The number of benzene rings is 1. The summed E-state index contributed by atoms with van der Waals surface area (Å²) in [7, 11) is 0. The third-order valence-corrected chi connectivity index (χ3v) is 2.17. The van der Waals surface area contributed by atoms with Crippen LogP contribution in [0.3, 0.4) is 0 Å². The highest BCUT2D eigenvalue weighted by molar-refractivity contribution is 5.95. The van der Waals surface area contributed by atoms with Crippen molar-refractivity contribution < 1.29 is 14.3 Å². The lowest BCUT2D eigenvalue weighted by Gasteiger charge is -2.05. The summed E-state index contributed by atoms with van der Waals surface area (Å²) in [6.45, 7) is 0. The fraction of sp³-hybridized carbons (Fsp3) is 0. The van der Waals surface area contributed by atoms with Crippen molar-refractivity contribution in [1.82, 2.24) is 9.97 Å². The summed E-state index contributed by atoms with van der Waals surface area (Å²) in [6.07, 6.45) is 1.11. The van der Waals surface area contributed by atoms with Gasteiger partial charge >= 0.3 is 0 Å². The van der Waals surface area contributed by atoms with E-state index in [0.29, 0.717) is 5.56 Å². The smallest absolute Gasteiger partial charge is 0.271 e. The number of nitrogens with two attached hydrogens (primary N) is 1. The van der Waals surface area contributed by atoms with Gasteiger partial charge < -0.3 is 10.8 Å². The standard InChI is InChI=1S/C11H8FN3O2/c12-7-3-1-6(2-4-7)8-10(16)9(11(13)17)15-5-14-8/h1-5,16H,(H2,13,17). The zero-order valence-corrected chi connectivity index (χ0v) is 8.59. The first-order valence-electron chi connectivity index (χ1n) is 4.69. The van der Waals surface area contributed by atoms with E-state index >= 15 is 0 Å². The van der Waals surface area contributed by atoms with Crippen LogP contribution in [0.1, 0.15) is 10.5 Å². The molecule has 1 heterocycles. The van der Waals surface area contributed by atoms with Gasteiger partial charge in [-0.1, -0.05) is 0 Å². The molecule has 0 saturated carbocycles. The Kier molecular flexibility index (Phi) is 2.70. The van der Waals surface area contributed by atoms with E-state index in [1.54, 1.807) is 0 Å². The van der Waals surface area contributed by atoms with Crippen molar-refractivity contribution in [3.05, 3.63) is 42.1 Å². The maximum absolute atomic E-state index is 12.7. The first kappa shape index (κ1) is 11.0. The van der Waals surface area contributed by atoms with Crippen LogP contribution in [-0.2, 0) is 0 Å².